The lowest BCUT2D eigenvalue weighted by atomic mass is 10.0. The molecule has 1 N–H and O–H groups in total. The predicted octanol–water partition coefficient (Wildman–Crippen LogP) is 2.34. The number of nitro benzene ring substituents is 1. The van der Waals surface area contributed by atoms with Gasteiger partial charge in [-0.2, -0.15) is 0 Å². The first-order valence-electron chi connectivity index (χ1n) is 6.97. The zero-order valence-corrected chi connectivity index (χ0v) is 12.7. The molecule has 1 aliphatic rings. The summed E-state index contributed by atoms with van der Waals surface area (Å²) >= 11 is 0. The van der Waals surface area contributed by atoms with Gasteiger partial charge in [-0.05, 0) is 25.5 Å². The molecular weight excluding hydrogens is 308 g/mol. The molecule has 1 aromatic carbocycles. The number of nitrogens with one attached hydrogen (secondary N) is 1. The Labute approximate surface area is 133 Å². The van der Waals surface area contributed by atoms with Gasteiger partial charge in [0.25, 0.3) is 5.69 Å². The number of hydrogen-bond donors (Lipinski definition) is 1. The molecule has 0 spiro atoms. The highest BCUT2D eigenvalue weighted by Crippen LogP contribution is 2.20. The van der Waals surface area contributed by atoms with Crippen molar-refractivity contribution in [2.75, 3.05) is 19.7 Å². The molecular formula is C14H17ClN4O3. The van der Waals surface area contributed by atoms with Crippen molar-refractivity contribution in [1.29, 1.82) is 0 Å². The van der Waals surface area contributed by atoms with Crippen molar-refractivity contribution in [3.63, 3.8) is 0 Å². The average Bonchev–Trinajstić information content (AvgIpc) is 2.53. The predicted molar refractivity (Wildman–Crippen MR) is 84.5 cm³/mol. The van der Waals surface area contributed by atoms with Gasteiger partial charge < -0.3 is 10.1 Å². The Morgan fingerprint density at radius 1 is 1.41 bits per heavy atom. The molecule has 0 radical (unpaired) electrons. The lowest BCUT2D eigenvalue weighted by Crippen LogP contribution is -2.33. The number of halogens is 1. The second-order valence-electron chi connectivity index (χ2n) is 5.16. The van der Waals surface area contributed by atoms with Gasteiger partial charge in [0.15, 0.2) is 0 Å². The van der Waals surface area contributed by atoms with Gasteiger partial charge in [0.05, 0.1) is 28.8 Å². The van der Waals surface area contributed by atoms with E-state index in [2.05, 4.69) is 15.3 Å². The van der Waals surface area contributed by atoms with Crippen LogP contribution in [-0.2, 0) is 0 Å². The van der Waals surface area contributed by atoms with Gasteiger partial charge in [0, 0.05) is 24.6 Å². The fourth-order valence-electron chi connectivity index (χ4n) is 2.43. The lowest BCUT2D eigenvalue weighted by Gasteiger charge is -2.22. The van der Waals surface area contributed by atoms with Crippen molar-refractivity contribution in [1.82, 2.24) is 15.3 Å². The third-order valence-corrected chi connectivity index (χ3v) is 3.58. The third-order valence-electron chi connectivity index (χ3n) is 3.58. The number of benzene rings is 1. The number of aromatic nitrogens is 2. The van der Waals surface area contributed by atoms with E-state index in [1.54, 1.807) is 6.07 Å². The molecule has 2 aromatic rings. The van der Waals surface area contributed by atoms with Crippen LogP contribution >= 0.6 is 12.4 Å². The van der Waals surface area contributed by atoms with Gasteiger partial charge >= 0.3 is 0 Å². The Balaban J connectivity index is 0.00000176. The zero-order valence-electron chi connectivity index (χ0n) is 11.9. The van der Waals surface area contributed by atoms with Crippen LogP contribution in [0.15, 0.2) is 24.4 Å². The van der Waals surface area contributed by atoms with Gasteiger partial charge in [0.1, 0.15) is 0 Å². The molecule has 0 amide bonds. The van der Waals surface area contributed by atoms with E-state index in [9.17, 15) is 10.1 Å². The van der Waals surface area contributed by atoms with Crippen LogP contribution in [-0.4, -0.2) is 34.6 Å². The van der Waals surface area contributed by atoms with Crippen LogP contribution in [0.25, 0.3) is 11.0 Å². The summed E-state index contributed by atoms with van der Waals surface area (Å²) in [5.74, 6) is 0.954. The highest BCUT2D eigenvalue weighted by atomic mass is 35.5. The van der Waals surface area contributed by atoms with Gasteiger partial charge in [-0.3, -0.25) is 10.1 Å². The molecule has 22 heavy (non-hydrogen) atoms. The number of fused-ring (bicyclic) bond motifs is 1. The van der Waals surface area contributed by atoms with Gasteiger partial charge in [-0.1, -0.05) is 0 Å². The van der Waals surface area contributed by atoms with Crippen molar-refractivity contribution in [2.45, 2.75) is 12.8 Å². The fourth-order valence-corrected chi connectivity index (χ4v) is 2.43. The van der Waals surface area contributed by atoms with Crippen LogP contribution in [0.2, 0.25) is 0 Å². The minimum absolute atomic E-state index is 0. The van der Waals surface area contributed by atoms with Crippen LogP contribution in [0.4, 0.5) is 5.69 Å². The van der Waals surface area contributed by atoms with E-state index in [-0.39, 0.29) is 18.1 Å². The Bertz CT molecular complexity index is 662. The number of piperidine rings is 1. The summed E-state index contributed by atoms with van der Waals surface area (Å²) in [6, 6.07) is 4.43. The summed E-state index contributed by atoms with van der Waals surface area (Å²) in [6.45, 7) is 2.65. The third kappa shape index (κ3) is 3.80. The normalized spacial score (nSPS) is 17.7. The fraction of sp³-hybridized carbons (Fsp3) is 0.429. The van der Waals surface area contributed by atoms with Crippen LogP contribution in [0.1, 0.15) is 12.8 Å². The van der Waals surface area contributed by atoms with Crippen molar-refractivity contribution in [3.8, 4) is 5.88 Å². The molecule has 1 fully saturated rings. The van der Waals surface area contributed by atoms with Crippen LogP contribution in [0, 0.1) is 16.0 Å². The van der Waals surface area contributed by atoms with Crippen molar-refractivity contribution < 1.29 is 9.66 Å². The highest BCUT2D eigenvalue weighted by Gasteiger charge is 2.14. The quantitative estimate of drug-likeness (QED) is 0.685. The standard InChI is InChI=1S/C14H16N4O3.ClH/c19-18(20)11-3-4-12-13(6-11)16-8-14(17-12)21-9-10-2-1-5-15-7-10;/h3-4,6,8,10,15H,1-2,5,7,9H2;1H. The summed E-state index contributed by atoms with van der Waals surface area (Å²) in [6.07, 6.45) is 3.84. The number of nitrogens with zero attached hydrogens (tertiary/aromatic N) is 3. The first-order valence-corrected chi connectivity index (χ1v) is 6.97. The minimum atomic E-state index is -0.443. The first kappa shape index (κ1) is 16.4. The second-order valence-corrected chi connectivity index (χ2v) is 5.16. The van der Waals surface area contributed by atoms with E-state index in [0.29, 0.717) is 29.4 Å². The maximum atomic E-state index is 10.7. The SMILES string of the molecule is Cl.O=[N+]([O-])c1ccc2nc(OCC3CCCNC3)cnc2c1. The Kier molecular flexibility index (Phi) is 5.46. The molecule has 1 unspecified atom stereocenters. The summed E-state index contributed by atoms with van der Waals surface area (Å²) in [7, 11) is 0. The number of non-ortho nitro benzene ring substituents is 1. The van der Waals surface area contributed by atoms with E-state index >= 15 is 0 Å². The van der Waals surface area contributed by atoms with Gasteiger partial charge in [-0.25, -0.2) is 9.97 Å². The highest BCUT2D eigenvalue weighted by molar-refractivity contribution is 5.85. The van der Waals surface area contributed by atoms with E-state index < -0.39 is 4.92 Å². The first-order chi connectivity index (χ1) is 10.2. The Morgan fingerprint density at radius 3 is 3.00 bits per heavy atom. The van der Waals surface area contributed by atoms with E-state index in [4.69, 9.17) is 4.74 Å². The molecule has 1 aliphatic heterocycles. The summed E-state index contributed by atoms with van der Waals surface area (Å²) in [5, 5.41) is 14.1. The molecule has 8 heteroatoms. The van der Waals surface area contributed by atoms with E-state index in [1.165, 1.54) is 24.8 Å². The van der Waals surface area contributed by atoms with Crippen LogP contribution in [0.3, 0.4) is 0 Å². The number of ether oxygens (including phenoxy) is 1. The van der Waals surface area contributed by atoms with E-state index in [1.807, 2.05) is 0 Å². The number of rotatable bonds is 4. The van der Waals surface area contributed by atoms with Crippen LogP contribution < -0.4 is 10.1 Å². The topological polar surface area (TPSA) is 90.2 Å². The monoisotopic (exact) mass is 324 g/mol. The molecule has 1 atom stereocenters. The molecule has 3 rings (SSSR count). The lowest BCUT2D eigenvalue weighted by molar-refractivity contribution is -0.384. The molecule has 118 valence electrons. The van der Waals surface area contributed by atoms with Crippen molar-refractivity contribution >= 4 is 29.1 Å². The zero-order chi connectivity index (χ0) is 14.7. The molecule has 2 heterocycles. The van der Waals surface area contributed by atoms with E-state index in [0.717, 1.165) is 19.5 Å². The summed E-state index contributed by atoms with van der Waals surface area (Å²) in [5.41, 5.74) is 1.11. The molecule has 1 aromatic heterocycles. The van der Waals surface area contributed by atoms with Crippen molar-refractivity contribution in [2.24, 2.45) is 5.92 Å². The maximum Gasteiger partial charge on any atom is 0.271 e. The smallest absolute Gasteiger partial charge is 0.271 e. The minimum Gasteiger partial charge on any atom is -0.476 e. The molecule has 1 saturated heterocycles. The van der Waals surface area contributed by atoms with Gasteiger partial charge in [-0.15, -0.1) is 12.4 Å². The molecule has 0 saturated carbocycles. The summed E-state index contributed by atoms with van der Waals surface area (Å²) in [4.78, 5) is 18.8. The Morgan fingerprint density at radius 2 is 2.27 bits per heavy atom. The number of nitro groups is 1. The molecule has 0 aliphatic carbocycles. The largest absolute Gasteiger partial charge is 0.476 e. The van der Waals surface area contributed by atoms with Crippen LogP contribution in [0.5, 0.6) is 5.88 Å². The summed E-state index contributed by atoms with van der Waals surface area (Å²) < 4.78 is 5.68. The van der Waals surface area contributed by atoms with Gasteiger partial charge in [0.2, 0.25) is 5.88 Å². The molecule has 7 nitrogen and oxygen atoms in total. The van der Waals surface area contributed by atoms with Crippen molar-refractivity contribution in [3.05, 3.63) is 34.5 Å². The number of hydrogen-bond acceptors (Lipinski definition) is 6. The molecule has 0 bridgehead atoms. The maximum absolute atomic E-state index is 10.7. The average molecular weight is 325 g/mol. The Hall–Kier alpha value is -1.99. The second kappa shape index (κ2) is 7.33.